The van der Waals surface area contributed by atoms with E-state index in [1.165, 1.54) is 4.90 Å². The van der Waals surface area contributed by atoms with Crippen LogP contribution in [0.1, 0.15) is 58.8 Å². The lowest BCUT2D eigenvalue weighted by molar-refractivity contribution is -0.144. The topological polar surface area (TPSA) is 106 Å². The van der Waals surface area contributed by atoms with Crippen molar-refractivity contribution in [2.45, 2.75) is 87.7 Å². The van der Waals surface area contributed by atoms with Gasteiger partial charge in [-0.25, -0.2) is 14.5 Å². The number of nitrogens with zero attached hydrogens (tertiary/aromatic N) is 2. The maximum absolute atomic E-state index is 13.7. The van der Waals surface area contributed by atoms with Gasteiger partial charge in [0.05, 0.1) is 18.1 Å². The van der Waals surface area contributed by atoms with Crippen LogP contribution in [0.2, 0.25) is 0 Å². The van der Waals surface area contributed by atoms with Gasteiger partial charge >= 0.3 is 12.2 Å². The van der Waals surface area contributed by atoms with Gasteiger partial charge < -0.3 is 19.3 Å². The first kappa shape index (κ1) is 30.3. The number of halogens is 1. The summed E-state index contributed by atoms with van der Waals surface area (Å²) in [4.78, 5) is 42.5. The minimum absolute atomic E-state index is 0.364. The number of imide groups is 1. The van der Waals surface area contributed by atoms with Crippen molar-refractivity contribution in [2.24, 2.45) is 5.92 Å². The predicted molar refractivity (Wildman–Crippen MR) is 156 cm³/mol. The van der Waals surface area contributed by atoms with Crippen LogP contribution in [0.25, 0.3) is 0 Å². The van der Waals surface area contributed by atoms with E-state index in [2.05, 4.69) is 0 Å². The lowest BCUT2D eigenvalue weighted by Crippen LogP contribution is -2.53. The average molecular weight is 665 g/mol. The van der Waals surface area contributed by atoms with Crippen LogP contribution in [0.3, 0.4) is 0 Å². The van der Waals surface area contributed by atoms with E-state index < -0.39 is 63.7 Å². The summed E-state index contributed by atoms with van der Waals surface area (Å²) in [5, 5.41) is 11.6. The fraction of sp³-hybridized carbons (Fsp3) is 0.500. The lowest BCUT2D eigenvalue weighted by atomic mass is 9.90. The number of benzene rings is 2. The quantitative estimate of drug-likeness (QED) is 0.249. The Bertz CT molecular complexity index is 1220. The molecule has 0 aromatic heterocycles. The highest BCUT2D eigenvalue weighted by molar-refractivity contribution is 14.1. The fourth-order valence-corrected chi connectivity index (χ4v) is 6.29. The summed E-state index contributed by atoms with van der Waals surface area (Å²) in [6, 6.07) is 18.1. The Labute approximate surface area is 248 Å². The van der Waals surface area contributed by atoms with Crippen molar-refractivity contribution in [2.75, 3.05) is 0 Å². The monoisotopic (exact) mass is 664 g/mol. The Morgan fingerprint density at radius 1 is 1.07 bits per heavy atom. The van der Waals surface area contributed by atoms with E-state index in [4.69, 9.17) is 14.2 Å². The minimum atomic E-state index is -1.33. The molecule has 6 atom stereocenters. The van der Waals surface area contributed by atoms with Crippen molar-refractivity contribution in [1.82, 2.24) is 9.80 Å². The Balaban J connectivity index is 1.60. The molecule has 0 spiro atoms. The second-order valence-corrected chi connectivity index (χ2v) is 13.0. The van der Waals surface area contributed by atoms with Crippen LogP contribution in [-0.2, 0) is 25.4 Å². The number of cyclic esters (lactones) is 1. The third kappa shape index (κ3) is 6.28. The third-order valence-corrected chi connectivity index (χ3v) is 8.33. The number of carbonyl (C=O) groups excluding carboxylic acids is 3. The van der Waals surface area contributed by atoms with Gasteiger partial charge in [-0.2, -0.15) is 0 Å². The first-order chi connectivity index (χ1) is 18.7. The summed E-state index contributed by atoms with van der Waals surface area (Å²) in [6.45, 7) is 10.4. The summed E-state index contributed by atoms with van der Waals surface area (Å²) < 4.78 is 17.0. The van der Waals surface area contributed by atoms with E-state index in [0.29, 0.717) is 6.42 Å². The maximum atomic E-state index is 13.7. The molecule has 3 amide bonds. The SMILES string of the molecule is C[C@@H](C(=O)N1C(=O)O[C@@H](c2ccccc2)[C@H]1I)[C@@H](O)[C@@H]1OC(C)(C)N(C(=O)OC(C)(C)C)[C@H]1Cc1ccccc1. The molecule has 0 saturated carbocycles. The Morgan fingerprint density at radius 2 is 1.65 bits per heavy atom. The number of aliphatic hydroxyl groups is 1. The van der Waals surface area contributed by atoms with Gasteiger partial charge in [0.1, 0.15) is 21.5 Å². The molecule has 2 fully saturated rings. The van der Waals surface area contributed by atoms with E-state index in [1.54, 1.807) is 41.5 Å². The summed E-state index contributed by atoms with van der Waals surface area (Å²) >= 11 is 2.02. The van der Waals surface area contributed by atoms with Crippen molar-refractivity contribution in [3.05, 3.63) is 71.8 Å². The molecule has 40 heavy (non-hydrogen) atoms. The van der Waals surface area contributed by atoms with Gasteiger partial charge in [-0.05, 0) is 52.2 Å². The number of alkyl halides is 1. The number of aliphatic hydroxyl groups excluding tert-OH is 1. The van der Waals surface area contributed by atoms with Crippen molar-refractivity contribution in [3.63, 3.8) is 0 Å². The minimum Gasteiger partial charge on any atom is -0.444 e. The van der Waals surface area contributed by atoms with Crippen LogP contribution in [0, 0.1) is 5.92 Å². The number of carbonyl (C=O) groups is 3. The molecule has 2 heterocycles. The summed E-state index contributed by atoms with van der Waals surface area (Å²) in [6.07, 6.45) is -3.87. The predicted octanol–water partition coefficient (Wildman–Crippen LogP) is 5.45. The molecule has 10 heteroatoms. The van der Waals surface area contributed by atoms with Gasteiger partial charge in [-0.3, -0.25) is 9.69 Å². The van der Waals surface area contributed by atoms with Gasteiger partial charge in [-0.1, -0.05) is 90.2 Å². The summed E-state index contributed by atoms with van der Waals surface area (Å²) in [5.41, 5.74) is -0.173. The normalized spacial score (nSPS) is 25.9. The van der Waals surface area contributed by atoms with Crippen LogP contribution < -0.4 is 0 Å². The Hall–Kier alpha value is -2.70. The van der Waals surface area contributed by atoms with E-state index in [0.717, 1.165) is 16.0 Å². The van der Waals surface area contributed by atoms with Gasteiger partial charge in [0, 0.05) is 0 Å². The van der Waals surface area contributed by atoms with Crippen LogP contribution in [-0.4, -0.2) is 66.6 Å². The number of hydrogen-bond donors (Lipinski definition) is 1. The molecule has 1 N–H and O–H groups in total. The second kappa shape index (κ2) is 11.7. The van der Waals surface area contributed by atoms with Crippen molar-refractivity contribution < 1.29 is 33.7 Å². The zero-order chi connectivity index (χ0) is 29.4. The molecule has 0 bridgehead atoms. The third-order valence-electron chi connectivity index (χ3n) is 7.12. The highest BCUT2D eigenvalue weighted by Crippen LogP contribution is 2.40. The maximum Gasteiger partial charge on any atom is 0.418 e. The zero-order valence-electron chi connectivity index (χ0n) is 23.6. The molecule has 2 aliphatic rings. The molecule has 4 rings (SSSR count). The number of rotatable bonds is 6. The standard InChI is InChI=1S/C30H37IN2O7/c1-18(26(35)32-25(31)23(38-27(32)36)20-15-11-8-12-16-20)22(34)24-21(17-19-13-9-7-10-14-19)33(30(5,6)39-24)28(37)40-29(2,3)4/h7-16,18,21-25,34H,17H2,1-6H3/t18-,21+,22-,23+,24-,25+/m1/s1. The molecule has 2 aromatic rings. The average Bonchev–Trinajstić information content (AvgIpc) is 3.33. The molecule has 2 aromatic carbocycles. The Morgan fingerprint density at radius 3 is 2.23 bits per heavy atom. The molecule has 2 aliphatic heterocycles. The van der Waals surface area contributed by atoms with E-state index in [9.17, 15) is 19.5 Å². The van der Waals surface area contributed by atoms with E-state index in [-0.39, 0.29) is 0 Å². The zero-order valence-corrected chi connectivity index (χ0v) is 25.8. The molecular weight excluding hydrogens is 627 g/mol. The number of amides is 3. The van der Waals surface area contributed by atoms with Gasteiger partial charge in [0.2, 0.25) is 5.91 Å². The van der Waals surface area contributed by atoms with Crippen LogP contribution in [0.4, 0.5) is 9.59 Å². The molecule has 216 valence electrons. The van der Waals surface area contributed by atoms with Crippen LogP contribution in [0.15, 0.2) is 60.7 Å². The first-order valence-corrected chi connectivity index (χ1v) is 14.6. The lowest BCUT2D eigenvalue weighted by Gasteiger charge is -2.35. The van der Waals surface area contributed by atoms with Gasteiger partial charge in [0.25, 0.3) is 0 Å². The van der Waals surface area contributed by atoms with Crippen molar-refractivity contribution >= 4 is 40.7 Å². The van der Waals surface area contributed by atoms with Crippen molar-refractivity contribution in [3.8, 4) is 0 Å². The number of hydrogen-bond acceptors (Lipinski definition) is 7. The first-order valence-electron chi connectivity index (χ1n) is 13.4. The van der Waals surface area contributed by atoms with Crippen LogP contribution in [0.5, 0.6) is 0 Å². The van der Waals surface area contributed by atoms with E-state index >= 15 is 0 Å². The molecule has 0 aliphatic carbocycles. The number of ether oxygens (including phenoxy) is 3. The summed E-state index contributed by atoms with van der Waals surface area (Å²) in [7, 11) is 0. The van der Waals surface area contributed by atoms with E-state index in [1.807, 2.05) is 83.3 Å². The van der Waals surface area contributed by atoms with Gasteiger partial charge in [-0.15, -0.1) is 0 Å². The summed E-state index contributed by atoms with van der Waals surface area (Å²) in [5.74, 6) is -1.61. The van der Waals surface area contributed by atoms with Crippen LogP contribution >= 0.6 is 22.6 Å². The highest BCUT2D eigenvalue weighted by Gasteiger charge is 2.56. The van der Waals surface area contributed by atoms with Gasteiger partial charge in [0.15, 0.2) is 6.10 Å². The second-order valence-electron chi connectivity index (χ2n) is 11.7. The molecule has 0 unspecified atom stereocenters. The fourth-order valence-electron chi connectivity index (χ4n) is 5.23. The molecule has 0 radical (unpaired) electrons. The molecular formula is C30H37IN2O7. The smallest absolute Gasteiger partial charge is 0.418 e. The largest absolute Gasteiger partial charge is 0.444 e. The highest BCUT2D eigenvalue weighted by atomic mass is 127. The molecule has 9 nitrogen and oxygen atoms in total. The Kier molecular flexibility index (Phi) is 8.82. The van der Waals surface area contributed by atoms with Crippen molar-refractivity contribution in [1.29, 1.82) is 0 Å². The molecule has 2 saturated heterocycles.